The van der Waals surface area contributed by atoms with Crippen LogP contribution in [-0.4, -0.2) is 23.4 Å². The van der Waals surface area contributed by atoms with Crippen molar-refractivity contribution in [2.24, 2.45) is 5.41 Å². The Morgan fingerprint density at radius 2 is 1.90 bits per heavy atom. The van der Waals surface area contributed by atoms with E-state index in [1.807, 2.05) is 0 Å². The Morgan fingerprint density at radius 1 is 1.40 bits per heavy atom. The zero-order valence-electron chi connectivity index (χ0n) is 7.09. The number of epoxide rings is 1. The monoisotopic (exact) mass is 144 g/mol. The molecule has 1 heterocycles. The molecule has 3 atom stereocenters. The first-order valence-corrected chi connectivity index (χ1v) is 3.76. The second-order valence-corrected chi connectivity index (χ2v) is 4.13. The Hall–Kier alpha value is -0.0800. The standard InChI is InChI=1S/C8H16O2/c1-5(9)6-7(10-6)8(2,3)4/h5-7,9H,1-4H3. The second kappa shape index (κ2) is 2.21. The van der Waals surface area contributed by atoms with Crippen molar-refractivity contribution >= 4 is 0 Å². The first-order chi connectivity index (χ1) is 4.43. The average molecular weight is 144 g/mol. The molecule has 0 spiro atoms. The Bertz CT molecular complexity index is 124. The van der Waals surface area contributed by atoms with Crippen LogP contribution in [0.1, 0.15) is 27.7 Å². The number of aliphatic hydroxyl groups is 1. The first kappa shape index (κ1) is 8.02. The fraction of sp³-hybridized carbons (Fsp3) is 1.00. The third-order valence-electron chi connectivity index (χ3n) is 1.85. The zero-order chi connectivity index (χ0) is 7.94. The normalized spacial score (nSPS) is 35.7. The van der Waals surface area contributed by atoms with Gasteiger partial charge in [-0.1, -0.05) is 20.8 Å². The lowest BCUT2D eigenvalue weighted by molar-refractivity contribution is 0.152. The van der Waals surface area contributed by atoms with E-state index >= 15 is 0 Å². The summed E-state index contributed by atoms with van der Waals surface area (Å²) in [5.74, 6) is 0. The molecule has 2 heteroatoms. The van der Waals surface area contributed by atoms with Gasteiger partial charge in [0.25, 0.3) is 0 Å². The van der Waals surface area contributed by atoms with Gasteiger partial charge in [0.15, 0.2) is 0 Å². The molecule has 0 radical (unpaired) electrons. The van der Waals surface area contributed by atoms with Crippen molar-refractivity contribution in [3.8, 4) is 0 Å². The number of hydrogen-bond acceptors (Lipinski definition) is 2. The highest BCUT2D eigenvalue weighted by molar-refractivity contribution is 4.96. The van der Waals surface area contributed by atoms with Crippen LogP contribution in [0.15, 0.2) is 0 Å². The van der Waals surface area contributed by atoms with Gasteiger partial charge in [-0.15, -0.1) is 0 Å². The van der Waals surface area contributed by atoms with Gasteiger partial charge < -0.3 is 9.84 Å². The van der Waals surface area contributed by atoms with E-state index in [9.17, 15) is 0 Å². The molecule has 0 aromatic heterocycles. The van der Waals surface area contributed by atoms with Gasteiger partial charge >= 0.3 is 0 Å². The molecule has 0 aromatic carbocycles. The van der Waals surface area contributed by atoms with E-state index in [2.05, 4.69) is 20.8 Å². The third kappa shape index (κ3) is 1.50. The molecule has 0 aliphatic carbocycles. The van der Waals surface area contributed by atoms with Crippen molar-refractivity contribution in [1.29, 1.82) is 0 Å². The van der Waals surface area contributed by atoms with Gasteiger partial charge in [-0.3, -0.25) is 0 Å². The lowest BCUT2D eigenvalue weighted by atomic mass is 9.89. The first-order valence-electron chi connectivity index (χ1n) is 3.76. The fourth-order valence-electron chi connectivity index (χ4n) is 1.19. The highest BCUT2D eigenvalue weighted by atomic mass is 16.6. The van der Waals surface area contributed by atoms with Crippen LogP contribution < -0.4 is 0 Å². The lowest BCUT2D eigenvalue weighted by Crippen LogP contribution is -2.21. The Morgan fingerprint density at radius 3 is 2.00 bits per heavy atom. The minimum Gasteiger partial charge on any atom is -0.391 e. The van der Waals surface area contributed by atoms with Gasteiger partial charge in [-0.25, -0.2) is 0 Å². The van der Waals surface area contributed by atoms with E-state index < -0.39 is 0 Å². The molecule has 0 amide bonds. The molecule has 1 aliphatic rings. The van der Waals surface area contributed by atoms with Gasteiger partial charge in [0.05, 0.1) is 12.2 Å². The smallest absolute Gasteiger partial charge is 0.110 e. The van der Waals surface area contributed by atoms with Crippen LogP contribution in [0.4, 0.5) is 0 Å². The summed E-state index contributed by atoms with van der Waals surface area (Å²) in [6, 6.07) is 0. The van der Waals surface area contributed by atoms with Crippen molar-refractivity contribution in [2.75, 3.05) is 0 Å². The molecule has 1 aliphatic heterocycles. The number of aliphatic hydroxyl groups excluding tert-OH is 1. The maximum Gasteiger partial charge on any atom is 0.110 e. The quantitative estimate of drug-likeness (QED) is 0.560. The van der Waals surface area contributed by atoms with E-state index in [1.165, 1.54) is 0 Å². The lowest BCUT2D eigenvalue weighted by Gasteiger charge is -2.14. The van der Waals surface area contributed by atoms with Crippen molar-refractivity contribution < 1.29 is 9.84 Å². The summed E-state index contributed by atoms with van der Waals surface area (Å²) in [7, 11) is 0. The minimum atomic E-state index is -0.316. The van der Waals surface area contributed by atoms with E-state index in [4.69, 9.17) is 9.84 Å². The molecule has 1 rings (SSSR count). The SMILES string of the molecule is CC(O)C1OC1C(C)(C)C. The van der Waals surface area contributed by atoms with E-state index in [0.29, 0.717) is 0 Å². The van der Waals surface area contributed by atoms with Crippen LogP contribution in [0.3, 0.4) is 0 Å². The average Bonchev–Trinajstić information content (AvgIpc) is 2.35. The molecule has 0 saturated carbocycles. The van der Waals surface area contributed by atoms with Crippen molar-refractivity contribution in [3.05, 3.63) is 0 Å². The second-order valence-electron chi connectivity index (χ2n) is 4.13. The Labute approximate surface area is 62.2 Å². The van der Waals surface area contributed by atoms with Crippen LogP contribution in [-0.2, 0) is 4.74 Å². The molecule has 10 heavy (non-hydrogen) atoms. The Balaban J connectivity index is 2.39. The molecule has 1 saturated heterocycles. The molecule has 1 N–H and O–H groups in total. The fourth-order valence-corrected chi connectivity index (χ4v) is 1.19. The van der Waals surface area contributed by atoms with Crippen molar-refractivity contribution in [3.63, 3.8) is 0 Å². The van der Waals surface area contributed by atoms with Crippen molar-refractivity contribution in [1.82, 2.24) is 0 Å². The van der Waals surface area contributed by atoms with Crippen LogP contribution >= 0.6 is 0 Å². The summed E-state index contributed by atoms with van der Waals surface area (Å²) in [6.07, 6.45) is 0.0247. The van der Waals surface area contributed by atoms with Gasteiger partial charge in [0, 0.05) is 0 Å². The molecule has 3 unspecified atom stereocenters. The molecule has 0 bridgehead atoms. The maximum absolute atomic E-state index is 9.10. The number of ether oxygens (including phenoxy) is 1. The summed E-state index contributed by atoms with van der Waals surface area (Å²) in [5, 5.41) is 9.10. The van der Waals surface area contributed by atoms with Gasteiger partial charge in [-0.2, -0.15) is 0 Å². The molecule has 2 nitrogen and oxygen atoms in total. The summed E-state index contributed by atoms with van der Waals surface area (Å²) >= 11 is 0. The Kier molecular flexibility index (Phi) is 1.77. The highest BCUT2D eigenvalue weighted by Crippen LogP contribution is 2.39. The zero-order valence-corrected chi connectivity index (χ0v) is 7.09. The number of hydrogen-bond donors (Lipinski definition) is 1. The van der Waals surface area contributed by atoms with Gasteiger partial charge in [-0.05, 0) is 12.3 Å². The maximum atomic E-state index is 9.10. The molecule has 60 valence electrons. The molecule has 0 aromatic rings. The van der Waals surface area contributed by atoms with Crippen molar-refractivity contribution in [2.45, 2.75) is 46.0 Å². The predicted molar refractivity (Wildman–Crippen MR) is 39.8 cm³/mol. The summed E-state index contributed by atoms with van der Waals surface area (Å²) in [5.41, 5.74) is 0.182. The van der Waals surface area contributed by atoms with E-state index in [0.717, 1.165) is 0 Å². The topological polar surface area (TPSA) is 32.8 Å². The van der Waals surface area contributed by atoms with Gasteiger partial charge in [0.2, 0.25) is 0 Å². The van der Waals surface area contributed by atoms with Crippen LogP contribution in [0.5, 0.6) is 0 Å². The molecule has 1 fully saturated rings. The number of rotatable bonds is 1. The minimum absolute atomic E-state index is 0.0833. The van der Waals surface area contributed by atoms with Crippen LogP contribution in [0, 0.1) is 5.41 Å². The molecular weight excluding hydrogens is 128 g/mol. The van der Waals surface area contributed by atoms with E-state index in [1.54, 1.807) is 6.92 Å². The molecular formula is C8H16O2. The predicted octanol–water partition coefficient (Wildman–Crippen LogP) is 1.18. The summed E-state index contributed by atoms with van der Waals surface area (Å²) in [6.45, 7) is 8.15. The highest BCUT2D eigenvalue weighted by Gasteiger charge is 2.49. The van der Waals surface area contributed by atoms with Gasteiger partial charge in [0.1, 0.15) is 6.10 Å². The third-order valence-corrected chi connectivity index (χ3v) is 1.85. The van der Waals surface area contributed by atoms with Crippen LogP contribution in [0.25, 0.3) is 0 Å². The van der Waals surface area contributed by atoms with Crippen LogP contribution in [0.2, 0.25) is 0 Å². The summed E-state index contributed by atoms with van der Waals surface area (Å²) in [4.78, 5) is 0. The largest absolute Gasteiger partial charge is 0.391 e. The van der Waals surface area contributed by atoms with E-state index in [-0.39, 0.29) is 23.7 Å². The summed E-state index contributed by atoms with van der Waals surface area (Å²) < 4.78 is 5.29.